The normalized spacial score (nSPS) is 18.6. The van der Waals surface area contributed by atoms with Gasteiger partial charge in [0.1, 0.15) is 0 Å². The second-order valence-electron chi connectivity index (χ2n) is 5.29. The number of nitrogens with two attached hydrogens (primary N) is 1. The van der Waals surface area contributed by atoms with E-state index in [9.17, 15) is 0 Å². The van der Waals surface area contributed by atoms with Crippen LogP contribution in [-0.4, -0.2) is 53.9 Å². The van der Waals surface area contributed by atoms with Crippen molar-refractivity contribution < 1.29 is 0 Å². The van der Waals surface area contributed by atoms with E-state index < -0.39 is 0 Å². The molecule has 0 spiro atoms. The number of piperazine rings is 1. The van der Waals surface area contributed by atoms with Crippen molar-refractivity contribution in [3.05, 3.63) is 17.8 Å². The number of nitrogens with zero attached hydrogens (tertiary/aromatic N) is 4. The summed E-state index contributed by atoms with van der Waals surface area (Å²) in [6.07, 6.45) is 4.19. The zero-order valence-electron chi connectivity index (χ0n) is 12.0. The Morgan fingerprint density at radius 3 is 2.63 bits per heavy atom. The maximum absolute atomic E-state index is 5.88. The van der Waals surface area contributed by atoms with Crippen molar-refractivity contribution in [3.8, 4) is 0 Å². The van der Waals surface area contributed by atoms with E-state index in [0.29, 0.717) is 6.04 Å². The van der Waals surface area contributed by atoms with Crippen LogP contribution in [0.5, 0.6) is 0 Å². The molecule has 1 saturated heterocycles. The van der Waals surface area contributed by atoms with Crippen LogP contribution in [0.1, 0.15) is 25.3 Å². The Balaban J connectivity index is 1.91. The van der Waals surface area contributed by atoms with Gasteiger partial charge in [-0.05, 0) is 25.0 Å². The van der Waals surface area contributed by atoms with Gasteiger partial charge in [-0.3, -0.25) is 4.90 Å². The number of rotatable bonds is 5. The minimum Gasteiger partial charge on any atom is -0.353 e. The molecule has 5 heteroatoms. The van der Waals surface area contributed by atoms with Gasteiger partial charge in [0.15, 0.2) is 5.82 Å². The molecule has 1 aliphatic heterocycles. The number of hydrogen-bond acceptors (Lipinski definition) is 5. The Hall–Kier alpha value is -1.20. The second-order valence-corrected chi connectivity index (χ2v) is 5.29. The third-order valence-electron chi connectivity index (χ3n) is 3.83. The van der Waals surface area contributed by atoms with Crippen molar-refractivity contribution in [1.82, 2.24) is 15.1 Å². The van der Waals surface area contributed by atoms with Gasteiger partial charge in [0.25, 0.3) is 0 Å². The van der Waals surface area contributed by atoms with Crippen LogP contribution in [0.3, 0.4) is 0 Å². The summed E-state index contributed by atoms with van der Waals surface area (Å²) in [5.41, 5.74) is 7.04. The molecule has 0 saturated carbocycles. The molecule has 5 nitrogen and oxygen atoms in total. The van der Waals surface area contributed by atoms with Crippen molar-refractivity contribution >= 4 is 5.82 Å². The molecule has 1 aromatic rings. The lowest BCUT2D eigenvalue weighted by molar-refractivity contribution is 0.179. The standard InChI is InChI=1S/C14H25N5/c1-3-4-13(10-15)18-5-7-19(8-6-18)14-9-12(2)11-16-17-14/h9,11,13H,3-8,10,15H2,1-2H3. The summed E-state index contributed by atoms with van der Waals surface area (Å²) in [5, 5.41) is 8.26. The second kappa shape index (κ2) is 6.82. The van der Waals surface area contributed by atoms with Gasteiger partial charge in [-0.25, -0.2) is 0 Å². The number of hydrogen-bond donors (Lipinski definition) is 1. The Labute approximate surface area is 115 Å². The average Bonchev–Trinajstić information content (AvgIpc) is 2.45. The predicted molar refractivity (Wildman–Crippen MR) is 78.3 cm³/mol. The molecule has 2 rings (SSSR count). The van der Waals surface area contributed by atoms with Crippen LogP contribution < -0.4 is 10.6 Å². The molecular weight excluding hydrogens is 238 g/mol. The van der Waals surface area contributed by atoms with Crippen molar-refractivity contribution in [3.63, 3.8) is 0 Å². The third kappa shape index (κ3) is 3.64. The lowest BCUT2D eigenvalue weighted by Gasteiger charge is -2.39. The van der Waals surface area contributed by atoms with Crippen LogP contribution in [0, 0.1) is 6.92 Å². The fraction of sp³-hybridized carbons (Fsp3) is 0.714. The van der Waals surface area contributed by atoms with Gasteiger partial charge >= 0.3 is 0 Å². The molecular formula is C14H25N5. The molecule has 0 bridgehead atoms. The summed E-state index contributed by atoms with van der Waals surface area (Å²) < 4.78 is 0. The van der Waals surface area contributed by atoms with Crippen molar-refractivity contribution in [2.24, 2.45) is 5.73 Å². The minimum atomic E-state index is 0.538. The molecule has 0 aliphatic carbocycles. The third-order valence-corrected chi connectivity index (χ3v) is 3.83. The van der Waals surface area contributed by atoms with Gasteiger partial charge in [-0.1, -0.05) is 13.3 Å². The fourth-order valence-electron chi connectivity index (χ4n) is 2.70. The zero-order valence-corrected chi connectivity index (χ0v) is 12.0. The molecule has 0 radical (unpaired) electrons. The highest BCUT2D eigenvalue weighted by Gasteiger charge is 2.23. The van der Waals surface area contributed by atoms with E-state index >= 15 is 0 Å². The minimum absolute atomic E-state index is 0.538. The monoisotopic (exact) mass is 263 g/mol. The molecule has 1 aromatic heterocycles. The van der Waals surface area contributed by atoms with E-state index in [-0.39, 0.29) is 0 Å². The van der Waals surface area contributed by atoms with E-state index in [1.54, 1.807) is 6.20 Å². The van der Waals surface area contributed by atoms with Crippen molar-refractivity contribution in [2.75, 3.05) is 37.6 Å². The van der Waals surface area contributed by atoms with Crippen LogP contribution in [0.4, 0.5) is 5.82 Å². The summed E-state index contributed by atoms with van der Waals surface area (Å²) in [6, 6.07) is 2.64. The Morgan fingerprint density at radius 2 is 2.05 bits per heavy atom. The van der Waals surface area contributed by atoms with E-state index in [1.807, 2.05) is 0 Å². The van der Waals surface area contributed by atoms with Crippen LogP contribution in [0.25, 0.3) is 0 Å². The van der Waals surface area contributed by atoms with Gasteiger partial charge in [0.05, 0.1) is 6.20 Å². The first-order chi connectivity index (χ1) is 9.24. The molecule has 19 heavy (non-hydrogen) atoms. The molecule has 0 aromatic carbocycles. The summed E-state index contributed by atoms with van der Waals surface area (Å²) >= 11 is 0. The number of aromatic nitrogens is 2. The fourth-order valence-corrected chi connectivity index (χ4v) is 2.70. The summed E-state index contributed by atoms with van der Waals surface area (Å²) in [5.74, 6) is 0.999. The summed E-state index contributed by atoms with van der Waals surface area (Å²) in [4.78, 5) is 4.83. The molecule has 2 heterocycles. The molecule has 106 valence electrons. The quantitative estimate of drug-likeness (QED) is 0.860. The predicted octanol–water partition coefficient (Wildman–Crippen LogP) is 1.03. The Morgan fingerprint density at radius 1 is 1.32 bits per heavy atom. The average molecular weight is 263 g/mol. The molecule has 1 atom stereocenters. The Bertz CT molecular complexity index is 387. The molecule has 1 fully saturated rings. The molecule has 2 N–H and O–H groups in total. The Kier molecular flexibility index (Phi) is 5.10. The van der Waals surface area contributed by atoms with Crippen LogP contribution in [0.15, 0.2) is 12.3 Å². The van der Waals surface area contributed by atoms with E-state index in [0.717, 1.165) is 38.5 Å². The van der Waals surface area contributed by atoms with Crippen LogP contribution in [0.2, 0.25) is 0 Å². The zero-order chi connectivity index (χ0) is 13.7. The maximum Gasteiger partial charge on any atom is 0.151 e. The largest absolute Gasteiger partial charge is 0.353 e. The molecule has 1 unspecified atom stereocenters. The topological polar surface area (TPSA) is 58.3 Å². The smallest absolute Gasteiger partial charge is 0.151 e. The highest BCUT2D eigenvalue weighted by molar-refractivity contribution is 5.39. The number of anilines is 1. The van der Waals surface area contributed by atoms with E-state index in [1.165, 1.54) is 18.4 Å². The summed E-state index contributed by atoms with van der Waals surface area (Å²) in [7, 11) is 0. The lowest BCUT2D eigenvalue weighted by Crippen LogP contribution is -2.52. The van der Waals surface area contributed by atoms with Gasteiger partial charge in [-0.15, -0.1) is 5.10 Å². The highest BCUT2D eigenvalue weighted by Crippen LogP contribution is 2.16. The van der Waals surface area contributed by atoms with Crippen molar-refractivity contribution in [2.45, 2.75) is 32.7 Å². The van der Waals surface area contributed by atoms with Gasteiger partial charge in [-0.2, -0.15) is 5.10 Å². The first-order valence-corrected chi connectivity index (χ1v) is 7.23. The number of aryl methyl sites for hydroxylation is 1. The SMILES string of the molecule is CCCC(CN)N1CCN(c2cc(C)cnn2)CC1. The summed E-state index contributed by atoms with van der Waals surface area (Å²) in [6.45, 7) is 9.20. The maximum atomic E-state index is 5.88. The van der Waals surface area contributed by atoms with Crippen molar-refractivity contribution in [1.29, 1.82) is 0 Å². The molecule has 0 amide bonds. The van der Waals surface area contributed by atoms with Gasteiger partial charge in [0, 0.05) is 38.8 Å². The van der Waals surface area contributed by atoms with E-state index in [2.05, 4.69) is 39.9 Å². The lowest BCUT2D eigenvalue weighted by atomic mass is 10.1. The van der Waals surface area contributed by atoms with Gasteiger partial charge in [0.2, 0.25) is 0 Å². The first kappa shape index (κ1) is 14.2. The highest BCUT2D eigenvalue weighted by atomic mass is 15.3. The van der Waals surface area contributed by atoms with E-state index in [4.69, 9.17) is 5.73 Å². The molecule has 1 aliphatic rings. The van der Waals surface area contributed by atoms with Crippen LogP contribution >= 0.6 is 0 Å². The first-order valence-electron chi connectivity index (χ1n) is 7.23. The van der Waals surface area contributed by atoms with Crippen LogP contribution in [-0.2, 0) is 0 Å². The van der Waals surface area contributed by atoms with Gasteiger partial charge < -0.3 is 10.6 Å².